The molecule has 0 saturated carbocycles. The number of amides is 1. The minimum atomic E-state index is -1.32. The highest BCUT2D eigenvalue weighted by Crippen LogP contribution is 2.34. The first-order valence-corrected chi connectivity index (χ1v) is 8.83. The Hall–Kier alpha value is -2.38. The van der Waals surface area contributed by atoms with Gasteiger partial charge in [0, 0.05) is 18.9 Å². The van der Waals surface area contributed by atoms with Gasteiger partial charge in [-0.3, -0.25) is 9.69 Å². The number of aliphatic carboxylic acids is 1. The van der Waals surface area contributed by atoms with Gasteiger partial charge in [-0.1, -0.05) is 54.3 Å². The number of benzene rings is 1. The minimum Gasteiger partial charge on any atom is -0.548 e. The maximum Gasteiger partial charge on any atom is 0.266 e. The molecule has 3 rings (SSSR count). The Morgan fingerprint density at radius 3 is 2.60 bits per heavy atom. The fourth-order valence-corrected chi connectivity index (χ4v) is 3.97. The number of rotatable bonds is 5. The van der Waals surface area contributed by atoms with Crippen LogP contribution in [0.4, 0.5) is 0 Å². The van der Waals surface area contributed by atoms with Crippen LogP contribution in [0.25, 0.3) is 6.08 Å². The maximum atomic E-state index is 12.7. The van der Waals surface area contributed by atoms with Gasteiger partial charge in [0.25, 0.3) is 5.91 Å². The average Bonchev–Trinajstić information content (AvgIpc) is 3.10. The smallest absolute Gasteiger partial charge is 0.266 e. The Bertz CT molecular complexity index is 858. The van der Waals surface area contributed by atoms with Crippen LogP contribution in [0.2, 0.25) is 0 Å². The number of aromatic nitrogens is 1. The Kier molecular flexibility index (Phi) is 5.06. The first kappa shape index (κ1) is 17.4. The van der Waals surface area contributed by atoms with Gasteiger partial charge >= 0.3 is 0 Å². The standard InChI is InChI=1S/C18H16N2O3S2/c1-19-9-5-8-13(19)11-15-16(21)20(18(24)25-15)14(17(22)23)10-12-6-3-2-4-7-12/h2-9,11,14H,10H2,1H3,(H,22,23)/p-1/b15-11-/t14-/m0/s1. The number of thiocarbonyl (C=S) groups is 1. The molecule has 0 aliphatic carbocycles. The number of carboxylic acid groups (broad SMARTS) is 1. The predicted molar refractivity (Wildman–Crippen MR) is 99.4 cm³/mol. The zero-order valence-corrected chi connectivity index (χ0v) is 15.0. The van der Waals surface area contributed by atoms with Crippen LogP contribution < -0.4 is 5.11 Å². The molecule has 0 unspecified atom stereocenters. The van der Waals surface area contributed by atoms with E-state index in [2.05, 4.69) is 0 Å². The van der Waals surface area contributed by atoms with Crippen molar-refractivity contribution in [3.8, 4) is 0 Å². The van der Waals surface area contributed by atoms with E-state index >= 15 is 0 Å². The second-order valence-corrected chi connectivity index (χ2v) is 7.30. The van der Waals surface area contributed by atoms with E-state index in [1.807, 2.05) is 60.3 Å². The zero-order valence-electron chi connectivity index (χ0n) is 13.4. The van der Waals surface area contributed by atoms with E-state index in [-0.39, 0.29) is 10.7 Å². The van der Waals surface area contributed by atoms with E-state index in [4.69, 9.17) is 12.2 Å². The van der Waals surface area contributed by atoms with Gasteiger partial charge in [-0.05, 0) is 30.2 Å². The third kappa shape index (κ3) is 3.67. The van der Waals surface area contributed by atoms with Gasteiger partial charge in [0.15, 0.2) is 0 Å². The molecule has 1 atom stereocenters. The number of thioether (sulfide) groups is 1. The number of nitrogens with zero attached hydrogens (tertiary/aromatic N) is 2. The second-order valence-electron chi connectivity index (χ2n) is 5.62. The van der Waals surface area contributed by atoms with E-state index in [0.717, 1.165) is 27.9 Å². The molecular weight excluding hydrogens is 356 g/mol. The van der Waals surface area contributed by atoms with E-state index in [9.17, 15) is 14.7 Å². The second kappa shape index (κ2) is 7.25. The van der Waals surface area contributed by atoms with Gasteiger partial charge in [0.05, 0.1) is 16.9 Å². The third-order valence-electron chi connectivity index (χ3n) is 3.94. The van der Waals surface area contributed by atoms with Crippen molar-refractivity contribution in [1.29, 1.82) is 0 Å². The van der Waals surface area contributed by atoms with Crippen molar-refractivity contribution in [2.75, 3.05) is 0 Å². The molecule has 1 saturated heterocycles. The van der Waals surface area contributed by atoms with Crippen LogP contribution in [0.3, 0.4) is 0 Å². The summed E-state index contributed by atoms with van der Waals surface area (Å²) in [6.45, 7) is 0. The van der Waals surface area contributed by atoms with Gasteiger partial charge in [0.2, 0.25) is 0 Å². The van der Waals surface area contributed by atoms with Crippen molar-refractivity contribution in [2.45, 2.75) is 12.5 Å². The largest absolute Gasteiger partial charge is 0.548 e. The number of carbonyl (C=O) groups is 2. The van der Waals surface area contributed by atoms with Crippen molar-refractivity contribution >= 4 is 46.3 Å². The molecule has 0 bridgehead atoms. The lowest BCUT2D eigenvalue weighted by Gasteiger charge is -2.27. The van der Waals surface area contributed by atoms with Crippen LogP contribution >= 0.6 is 24.0 Å². The molecule has 7 heteroatoms. The molecule has 5 nitrogen and oxygen atoms in total. The molecule has 0 N–H and O–H groups in total. The highest BCUT2D eigenvalue weighted by molar-refractivity contribution is 8.26. The molecule has 1 aliphatic rings. The molecule has 128 valence electrons. The summed E-state index contributed by atoms with van der Waals surface area (Å²) < 4.78 is 2.10. The lowest BCUT2D eigenvalue weighted by atomic mass is 10.0. The van der Waals surface area contributed by atoms with Gasteiger partial charge in [0.1, 0.15) is 4.32 Å². The SMILES string of the molecule is Cn1cccc1/C=C1\SC(=S)N([C@@H](Cc2ccccc2)C(=O)[O-])C1=O. The Morgan fingerprint density at radius 2 is 2.00 bits per heavy atom. The summed E-state index contributed by atoms with van der Waals surface area (Å²) >= 11 is 6.37. The fraction of sp³-hybridized carbons (Fsp3) is 0.167. The van der Waals surface area contributed by atoms with Gasteiger partial charge in [-0.25, -0.2) is 0 Å². The maximum absolute atomic E-state index is 12.7. The van der Waals surface area contributed by atoms with Gasteiger partial charge in [-0.15, -0.1) is 0 Å². The average molecular weight is 371 g/mol. The molecule has 1 aromatic carbocycles. The first-order valence-electron chi connectivity index (χ1n) is 7.60. The van der Waals surface area contributed by atoms with Crippen LogP contribution in [0, 0.1) is 0 Å². The van der Waals surface area contributed by atoms with Crippen LogP contribution in [-0.2, 0) is 23.1 Å². The highest BCUT2D eigenvalue weighted by atomic mass is 32.2. The summed E-state index contributed by atoms with van der Waals surface area (Å²) in [7, 11) is 1.87. The Morgan fingerprint density at radius 1 is 1.28 bits per heavy atom. The van der Waals surface area contributed by atoms with E-state index < -0.39 is 17.9 Å². The highest BCUT2D eigenvalue weighted by Gasteiger charge is 2.37. The van der Waals surface area contributed by atoms with Crippen molar-refractivity contribution in [3.63, 3.8) is 0 Å². The lowest BCUT2D eigenvalue weighted by Crippen LogP contribution is -2.51. The lowest BCUT2D eigenvalue weighted by molar-refractivity contribution is -0.310. The summed E-state index contributed by atoms with van der Waals surface area (Å²) in [6, 6.07) is 11.7. The van der Waals surface area contributed by atoms with Crippen molar-refractivity contribution in [2.24, 2.45) is 7.05 Å². The molecule has 0 radical (unpaired) electrons. The number of carbonyl (C=O) groups excluding carboxylic acids is 2. The summed E-state index contributed by atoms with van der Waals surface area (Å²) in [5.41, 5.74) is 1.64. The molecule has 1 amide bonds. The minimum absolute atomic E-state index is 0.146. The quantitative estimate of drug-likeness (QED) is 0.590. The molecule has 0 spiro atoms. The normalized spacial score (nSPS) is 17.3. The number of hydrogen-bond donors (Lipinski definition) is 0. The number of hydrogen-bond acceptors (Lipinski definition) is 5. The van der Waals surface area contributed by atoms with E-state index in [1.165, 1.54) is 0 Å². The molecular formula is C18H15N2O3S2-. The zero-order chi connectivity index (χ0) is 18.0. The van der Waals surface area contributed by atoms with Crippen molar-refractivity contribution in [1.82, 2.24) is 9.47 Å². The van der Waals surface area contributed by atoms with Crippen LogP contribution in [0.15, 0.2) is 53.6 Å². The molecule has 25 heavy (non-hydrogen) atoms. The van der Waals surface area contributed by atoms with Crippen LogP contribution in [-0.4, -0.2) is 31.7 Å². The topological polar surface area (TPSA) is 65.4 Å². The van der Waals surface area contributed by atoms with Crippen LogP contribution in [0.1, 0.15) is 11.3 Å². The first-order chi connectivity index (χ1) is 12.0. The third-order valence-corrected chi connectivity index (χ3v) is 5.27. The van der Waals surface area contributed by atoms with E-state index in [0.29, 0.717) is 4.91 Å². The molecule has 2 aromatic rings. The number of aryl methyl sites for hydroxylation is 1. The van der Waals surface area contributed by atoms with E-state index in [1.54, 1.807) is 6.08 Å². The number of carboxylic acids is 1. The fourth-order valence-electron chi connectivity index (χ4n) is 2.62. The van der Waals surface area contributed by atoms with Crippen molar-refractivity contribution < 1.29 is 14.7 Å². The Balaban J connectivity index is 1.88. The van der Waals surface area contributed by atoms with Gasteiger partial charge < -0.3 is 14.5 Å². The monoisotopic (exact) mass is 371 g/mol. The molecule has 1 aromatic heterocycles. The van der Waals surface area contributed by atoms with Crippen LogP contribution in [0.5, 0.6) is 0 Å². The Labute approximate surface area is 154 Å². The summed E-state index contributed by atoms with van der Waals surface area (Å²) in [5, 5.41) is 11.7. The molecule has 2 heterocycles. The summed E-state index contributed by atoms with van der Waals surface area (Å²) in [6.07, 6.45) is 3.73. The summed E-state index contributed by atoms with van der Waals surface area (Å²) in [4.78, 5) is 26.0. The molecule has 1 fully saturated rings. The summed E-state index contributed by atoms with van der Waals surface area (Å²) in [5.74, 6) is -1.72. The predicted octanol–water partition coefficient (Wildman–Crippen LogP) is 1.59. The molecule has 1 aliphatic heterocycles. The van der Waals surface area contributed by atoms with Gasteiger partial charge in [-0.2, -0.15) is 0 Å². The van der Waals surface area contributed by atoms with Crippen molar-refractivity contribution in [3.05, 3.63) is 64.8 Å².